The fourth-order valence-corrected chi connectivity index (χ4v) is 2.65. The van der Waals surface area contributed by atoms with Gasteiger partial charge in [-0.25, -0.2) is 14.8 Å². The molecule has 1 fully saturated rings. The summed E-state index contributed by atoms with van der Waals surface area (Å²) in [5.74, 6) is 1.36. The number of nitrogens with one attached hydrogen (secondary N) is 2. The third-order valence-electron chi connectivity index (χ3n) is 3.90. The molecule has 0 radical (unpaired) electrons. The lowest BCUT2D eigenvalue weighted by Gasteiger charge is -2.28. The summed E-state index contributed by atoms with van der Waals surface area (Å²) in [6.07, 6.45) is 5.42. The average molecular weight is 306 g/mol. The minimum atomic E-state index is -0.536. The maximum atomic E-state index is 11.7. The van der Waals surface area contributed by atoms with Crippen molar-refractivity contribution in [3.8, 4) is 0 Å². The second-order valence-corrected chi connectivity index (χ2v) is 6.84. The highest BCUT2D eigenvalue weighted by molar-refractivity contribution is 5.82. The third-order valence-corrected chi connectivity index (χ3v) is 3.90. The molecule has 1 saturated heterocycles. The van der Waals surface area contributed by atoms with Crippen molar-refractivity contribution >= 4 is 12.0 Å². The van der Waals surface area contributed by atoms with Gasteiger partial charge in [0.25, 0.3) is 0 Å². The Morgan fingerprint density at radius 2 is 1.91 bits per heavy atom. The predicted octanol–water partition coefficient (Wildman–Crippen LogP) is 2.93. The van der Waals surface area contributed by atoms with Crippen molar-refractivity contribution in [1.29, 1.82) is 0 Å². The molecular weight excluding hydrogens is 280 g/mol. The summed E-state index contributed by atoms with van der Waals surface area (Å²) < 4.78 is 5.18. The van der Waals surface area contributed by atoms with Crippen LogP contribution in [-0.4, -0.2) is 34.8 Å². The number of hydrogen-bond donors (Lipinski definition) is 2. The Bertz CT molecular complexity index is 490. The van der Waals surface area contributed by atoms with Gasteiger partial charge < -0.3 is 10.1 Å². The SMILES string of the molecule is CC(c1cnc(NC(=O)OC(C)(C)C)nc1)C1CCNCC1. The molecule has 1 amide bonds. The fourth-order valence-electron chi connectivity index (χ4n) is 2.65. The minimum absolute atomic E-state index is 0.274. The lowest BCUT2D eigenvalue weighted by molar-refractivity contribution is 0.0634. The Morgan fingerprint density at radius 3 is 2.45 bits per heavy atom. The Labute approximate surface area is 132 Å². The molecule has 6 heteroatoms. The monoisotopic (exact) mass is 306 g/mol. The quantitative estimate of drug-likeness (QED) is 0.898. The molecule has 1 aromatic heterocycles. The summed E-state index contributed by atoms with van der Waals surface area (Å²) in [5, 5.41) is 5.93. The largest absolute Gasteiger partial charge is 0.444 e. The van der Waals surface area contributed by atoms with Crippen LogP contribution in [0.4, 0.5) is 10.7 Å². The molecule has 6 nitrogen and oxygen atoms in total. The molecule has 1 unspecified atom stereocenters. The third kappa shape index (κ3) is 4.94. The molecule has 0 saturated carbocycles. The summed E-state index contributed by atoms with van der Waals surface area (Å²) in [6.45, 7) is 9.82. The van der Waals surface area contributed by atoms with Crippen LogP contribution in [0.2, 0.25) is 0 Å². The van der Waals surface area contributed by atoms with E-state index in [1.165, 1.54) is 12.8 Å². The number of amides is 1. The summed E-state index contributed by atoms with van der Waals surface area (Å²) >= 11 is 0. The van der Waals surface area contributed by atoms with E-state index in [0.29, 0.717) is 11.8 Å². The van der Waals surface area contributed by atoms with E-state index in [2.05, 4.69) is 27.5 Å². The molecular formula is C16H26N4O2. The van der Waals surface area contributed by atoms with E-state index in [-0.39, 0.29) is 5.95 Å². The standard InChI is InChI=1S/C16H26N4O2/c1-11(12-5-7-17-8-6-12)13-9-18-14(19-10-13)20-15(21)22-16(2,3)4/h9-12,17H,5-8H2,1-4H3,(H,18,19,20,21). The second-order valence-electron chi connectivity index (χ2n) is 6.84. The zero-order valence-electron chi connectivity index (χ0n) is 13.8. The van der Waals surface area contributed by atoms with Crippen LogP contribution in [0, 0.1) is 5.92 Å². The van der Waals surface area contributed by atoms with Gasteiger partial charge in [0, 0.05) is 12.4 Å². The lowest BCUT2D eigenvalue weighted by Crippen LogP contribution is -2.30. The van der Waals surface area contributed by atoms with Crippen molar-refractivity contribution in [3.05, 3.63) is 18.0 Å². The van der Waals surface area contributed by atoms with Crippen LogP contribution in [0.25, 0.3) is 0 Å². The molecule has 1 aromatic rings. The van der Waals surface area contributed by atoms with Crippen molar-refractivity contribution in [2.24, 2.45) is 5.92 Å². The van der Waals surface area contributed by atoms with Crippen molar-refractivity contribution in [2.75, 3.05) is 18.4 Å². The number of ether oxygens (including phenoxy) is 1. The number of piperidine rings is 1. The number of aromatic nitrogens is 2. The second kappa shape index (κ2) is 7.05. The van der Waals surface area contributed by atoms with Gasteiger partial charge in [0.05, 0.1) is 0 Å². The molecule has 1 aliphatic rings. The molecule has 22 heavy (non-hydrogen) atoms. The Balaban J connectivity index is 1.93. The molecule has 0 bridgehead atoms. The van der Waals surface area contributed by atoms with Crippen molar-refractivity contribution in [3.63, 3.8) is 0 Å². The number of rotatable bonds is 3. The zero-order valence-corrected chi connectivity index (χ0v) is 13.8. The molecule has 122 valence electrons. The number of carbonyl (C=O) groups is 1. The van der Waals surface area contributed by atoms with Gasteiger partial charge in [-0.15, -0.1) is 0 Å². The van der Waals surface area contributed by atoms with E-state index in [4.69, 9.17) is 4.74 Å². The topological polar surface area (TPSA) is 76.1 Å². The van der Waals surface area contributed by atoms with Crippen LogP contribution in [-0.2, 0) is 4.74 Å². The van der Waals surface area contributed by atoms with Crippen LogP contribution in [0.3, 0.4) is 0 Å². The van der Waals surface area contributed by atoms with Gasteiger partial charge in [-0.1, -0.05) is 6.92 Å². The van der Waals surface area contributed by atoms with E-state index in [1.807, 2.05) is 20.8 Å². The van der Waals surface area contributed by atoms with Gasteiger partial charge in [0.15, 0.2) is 0 Å². The number of nitrogens with zero attached hydrogens (tertiary/aromatic N) is 2. The first-order chi connectivity index (χ1) is 10.3. The first-order valence-electron chi connectivity index (χ1n) is 7.88. The van der Waals surface area contributed by atoms with Crippen LogP contribution in [0.15, 0.2) is 12.4 Å². The van der Waals surface area contributed by atoms with Gasteiger partial charge in [0.1, 0.15) is 5.60 Å². The minimum Gasteiger partial charge on any atom is -0.444 e. The van der Waals surface area contributed by atoms with Gasteiger partial charge in [-0.2, -0.15) is 0 Å². The van der Waals surface area contributed by atoms with E-state index in [9.17, 15) is 4.79 Å². The maximum absolute atomic E-state index is 11.7. The van der Waals surface area contributed by atoms with Crippen LogP contribution < -0.4 is 10.6 Å². The normalized spacial score (nSPS) is 17.8. The Hall–Kier alpha value is -1.69. The highest BCUT2D eigenvalue weighted by atomic mass is 16.6. The maximum Gasteiger partial charge on any atom is 0.414 e. The summed E-state index contributed by atoms with van der Waals surface area (Å²) in [6, 6.07) is 0. The summed E-state index contributed by atoms with van der Waals surface area (Å²) in [7, 11) is 0. The van der Waals surface area contributed by atoms with Crippen molar-refractivity contribution in [2.45, 2.75) is 52.1 Å². The molecule has 2 N–H and O–H groups in total. The first kappa shape index (κ1) is 16.7. The average Bonchev–Trinajstić information content (AvgIpc) is 2.46. The predicted molar refractivity (Wildman–Crippen MR) is 85.9 cm³/mol. The molecule has 2 heterocycles. The molecule has 0 aromatic carbocycles. The van der Waals surface area contributed by atoms with E-state index >= 15 is 0 Å². The smallest absolute Gasteiger partial charge is 0.414 e. The lowest BCUT2D eigenvalue weighted by atomic mass is 9.83. The number of anilines is 1. The van der Waals surface area contributed by atoms with E-state index in [1.54, 1.807) is 12.4 Å². The molecule has 2 rings (SSSR count). The van der Waals surface area contributed by atoms with E-state index < -0.39 is 11.7 Å². The van der Waals surface area contributed by atoms with Gasteiger partial charge in [-0.3, -0.25) is 5.32 Å². The Kier molecular flexibility index (Phi) is 5.34. The van der Waals surface area contributed by atoms with Gasteiger partial charge in [-0.05, 0) is 64.1 Å². The Morgan fingerprint density at radius 1 is 1.32 bits per heavy atom. The molecule has 1 aliphatic heterocycles. The first-order valence-corrected chi connectivity index (χ1v) is 7.88. The van der Waals surface area contributed by atoms with E-state index in [0.717, 1.165) is 18.7 Å². The van der Waals surface area contributed by atoms with Gasteiger partial charge in [0.2, 0.25) is 5.95 Å². The molecule has 1 atom stereocenters. The van der Waals surface area contributed by atoms with Crippen LogP contribution >= 0.6 is 0 Å². The molecule has 0 aliphatic carbocycles. The van der Waals surface area contributed by atoms with Crippen LogP contribution in [0.1, 0.15) is 52.0 Å². The van der Waals surface area contributed by atoms with Crippen molar-refractivity contribution < 1.29 is 9.53 Å². The highest BCUT2D eigenvalue weighted by Crippen LogP contribution is 2.29. The number of hydrogen-bond acceptors (Lipinski definition) is 5. The summed E-state index contributed by atoms with van der Waals surface area (Å²) in [5.41, 5.74) is 0.578. The highest BCUT2D eigenvalue weighted by Gasteiger charge is 2.22. The fraction of sp³-hybridized carbons (Fsp3) is 0.688. The molecule has 0 spiro atoms. The number of carbonyl (C=O) groups excluding carboxylic acids is 1. The summed E-state index contributed by atoms with van der Waals surface area (Å²) in [4.78, 5) is 20.1. The zero-order chi connectivity index (χ0) is 16.2. The van der Waals surface area contributed by atoms with Crippen LogP contribution in [0.5, 0.6) is 0 Å². The van der Waals surface area contributed by atoms with Gasteiger partial charge >= 0.3 is 6.09 Å². The van der Waals surface area contributed by atoms with Crippen molar-refractivity contribution in [1.82, 2.24) is 15.3 Å².